The fourth-order valence-corrected chi connectivity index (χ4v) is 8.78. The predicted molar refractivity (Wildman–Crippen MR) is 186 cm³/mol. The van der Waals surface area contributed by atoms with Gasteiger partial charge < -0.3 is 51.5 Å². The summed E-state index contributed by atoms with van der Waals surface area (Å²) in [6.07, 6.45) is -0.320. The zero-order valence-corrected chi connectivity index (χ0v) is 29.7. The van der Waals surface area contributed by atoms with Gasteiger partial charge in [0.15, 0.2) is 11.4 Å². The smallest absolute Gasteiger partial charge is 0.255 e. The van der Waals surface area contributed by atoms with E-state index in [0.717, 1.165) is 6.92 Å². The van der Waals surface area contributed by atoms with Gasteiger partial charge in [0.2, 0.25) is 13.2 Å². The number of aliphatic hydroxyl groups excluding tert-OH is 2. The minimum atomic E-state index is -3.44. The van der Waals surface area contributed by atoms with Gasteiger partial charge in [-0.1, -0.05) is 30.3 Å². The van der Waals surface area contributed by atoms with E-state index in [0.29, 0.717) is 16.8 Å². The number of aromatic hydroxyl groups is 1. The lowest BCUT2D eigenvalue weighted by molar-refractivity contribution is -0.142. The first kappa shape index (κ1) is 37.6. The number of amides is 1. The molecule has 2 aromatic carbocycles. The number of anilines is 2. The van der Waals surface area contributed by atoms with Crippen LogP contribution < -0.4 is 21.7 Å². The molecule has 0 fully saturated rings. The molecule has 49 heavy (non-hydrogen) atoms. The van der Waals surface area contributed by atoms with Crippen LogP contribution >= 0.6 is 7.37 Å². The molecule has 0 bridgehead atoms. The lowest BCUT2D eigenvalue weighted by atomic mass is 9.59. The van der Waals surface area contributed by atoms with Crippen molar-refractivity contribution in [2.24, 2.45) is 17.4 Å². The Balaban J connectivity index is 2.00. The van der Waals surface area contributed by atoms with Crippen molar-refractivity contribution in [1.29, 1.82) is 0 Å². The van der Waals surface area contributed by atoms with E-state index in [1.54, 1.807) is 81.3 Å². The summed E-state index contributed by atoms with van der Waals surface area (Å²) in [6.45, 7) is 4.33. The van der Waals surface area contributed by atoms with E-state index >= 15 is 0 Å². The summed E-state index contributed by atoms with van der Waals surface area (Å²) in [4.78, 5) is 44.1. The molecule has 5 atom stereocenters. The second-order valence-corrected chi connectivity index (χ2v) is 15.9. The number of primary amides is 1. The Morgan fingerprint density at radius 2 is 1.78 bits per heavy atom. The molecule has 0 saturated heterocycles. The number of nitrogens with zero attached hydrogens (tertiary/aromatic N) is 2. The summed E-state index contributed by atoms with van der Waals surface area (Å²) >= 11 is 0. The van der Waals surface area contributed by atoms with Crippen LogP contribution in [0.25, 0.3) is 0 Å². The van der Waals surface area contributed by atoms with E-state index in [1.165, 1.54) is 6.66 Å². The monoisotopic (exact) mass is 699 g/mol. The standard InChI is InChI=1S/C34H46N5O9P/c1-8-48-49(7,47)32(19-12-10-9-11-13-19)37-22-14-23(39(5)6)21-16-33(36)15-20(17-38(3)4)34(46,29(43)24(18(2)40)31(35)45)30(44)26(33)28(42)25(21)27(22)41/h9-14,20,32,37,40-41,44,46H,8,15-17,36H2,1-7H3,(H2,35,45)/b24-18-/t20-,32?,33-,34+,49?/m0/s1. The van der Waals surface area contributed by atoms with E-state index in [1.807, 2.05) is 0 Å². The van der Waals surface area contributed by atoms with Gasteiger partial charge in [-0.2, -0.15) is 0 Å². The number of Topliss-reactive ketones (excluding diaryl/α,β-unsaturated/α-hetero) is 2. The van der Waals surface area contributed by atoms with Crippen LogP contribution in [-0.4, -0.2) is 102 Å². The first-order chi connectivity index (χ1) is 22.7. The largest absolute Gasteiger partial charge is 0.512 e. The number of carbonyl (C=O) groups excluding carboxylic acids is 3. The SMILES string of the molecule is CCOP(C)(=O)C(Nc1cc(N(C)C)c2c(c1O)C(=O)C1=C(O)[C@](O)(C(=O)/C(C(N)=O)=C(\C)O)[C@H](CN(C)C)C[C@]1(N)C2)c1ccccc1. The Kier molecular flexibility index (Phi) is 10.4. The van der Waals surface area contributed by atoms with Crippen LogP contribution in [-0.2, 0) is 25.1 Å². The number of hydrogen-bond acceptors (Lipinski definition) is 13. The van der Waals surface area contributed by atoms with Gasteiger partial charge in [-0.15, -0.1) is 0 Å². The molecule has 0 heterocycles. The summed E-state index contributed by atoms with van der Waals surface area (Å²) in [6, 6.07) is 10.4. The molecule has 2 unspecified atom stereocenters. The number of allylic oxidation sites excluding steroid dienone is 1. The molecule has 1 amide bonds. The highest BCUT2D eigenvalue weighted by Gasteiger charge is 2.61. The molecule has 15 heteroatoms. The van der Waals surface area contributed by atoms with Gasteiger partial charge in [-0.25, -0.2) is 0 Å². The number of hydrogen-bond donors (Lipinski definition) is 7. The normalized spacial score (nSPS) is 24.4. The second kappa shape index (κ2) is 13.6. The molecule has 2 aliphatic carbocycles. The van der Waals surface area contributed by atoms with Gasteiger partial charge >= 0.3 is 0 Å². The highest BCUT2D eigenvalue weighted by atomic mass is 31.2. The minimum absolute atomic E-state index is 0.0253. The predicted octanol–water partition coefficient (Wildman–Crippen LogP) is 2.96. The van der Waals surface area contributed by atoms with Gasteiger partial charge in [0.05, 0.1) is 29.0 Å². The van der Waals surface area contributed by atoms with Crippen LogP contribution in [0.2, 0.25) is 0 Å². The Morgan fingerprint density at radius 1 is 1.16 bits per heavy atom. The van der Waals surface area contributed by atoms with Crippen molar-refractivity contribution in [3.63, 3.8) is 0 Å². The van der Waals surface area contributed by atoms with Gasteiger partial charge in [-0.3, -0.25) is 18.9 Å². The number of ketones is 2. The molecule has 14 nitrogen and oxygen atoms in total. The Labute approximate surface area is 285 Å². The Hall–Kier alpha value is -4.20. The maximum absolute atomic E-state index is 14.6. The molecule has 0 aromatic heterocycles. The van der Waals surface area contributed by atoms with Crippen molar-refractivity contribution in [2.75, 3.05) is 58.2 Å². The molecule has 266 valence electrons. The van der Waals surface area contributed by atoms with Crippen molar-refractivity contribution in [1.82, 2.24) is 4.90 Å². The number of aliphatic hydroxyl groups is 3. The summed E-state index contributed by atoms with van der Waals surface area (Å²) < 4.78 is 19.5. The van der Waals surface area contributed by atoms with Crippen LogP contribution in [0.15, 0.2) is 59.1 Å². The van der Waals surface area contributed by atoms with Gasteiger partial charge in [0, 0.05) is 38.9 Å². The zero-order valence-electron chi connectivity index (χ0n) is 28.8. The van der Waals surface area contributed by atoms with Crippen molar-refractivity contribution < 1.29 is 43.9 Å². The molecule has 0 radical (unpaired) electrons. The van der Waals surface area contributed by atoms with E-state index in [2.05, 4.69) is 5.32 Å². The molecular formula is C34H46N5O9P. The number of phenols is 1. The van der Waals surface area contributed by atoms with Crippen LogP contribution in [0.5, 0.6) is 5.75 Å². The van der Waals surface area contributed by atoms with E-state index in [9.17, 15) is 39.4 Å². The third-order valence-corrected chi connectivity index (χ3v) is 11.3. The molecular weight excluding hydrogens is 653 g/mol. The number of nitrogens with one attached hydrogen (secondary N) is 1. The first-order valence-electron chi connectivity index (χ1n) is 15.7. The Morgan fingerprint density at radius 3 is 2.29 bits per heavy atom. The lowest BCUT2D eigenvalue weighted by Gasteiger charge is -2.49. The summed E-state index contributed by atoms with van der Waals surface area (Å²) in [5.41, 5.74) is 7.53. The number of nitrogens with two attached hydrogens (primary N) is 2. The van der Waals surface area contributed by atoms with Crippen molar-refractivity contribution >= 4 is 36.2 Å². The summed E-state index contributed by atoms with van der Waals surface area (Å²) in [5.74, 6) is -8.26. The van der Waals surface area contributed by atoms with Gasteiger partial charge in [0.1, 0.15) is 28.6 Å². The molecule has 4 rings (SSSR count). The minimum Gasteiger partial charge on any atom is -0.512 e. The lowest BCUT2D eigenvalue weighted by Crippen LogP contribution is -2.64. The van der Waals surface area contributed by atoms with Crippen LogP contribution in [0.3, 0.4) is 0 Å². The number of benzene rings is 2. The zero-order chi connectivity index (χ0) is 36.8. The number of phenolic OH excluding ortho intramolecular Hbond substituents is 1. The molecule has 0 aliphatic heterocycles. The maximum Gasteiger partial charge on any atom is 0.255 e. The quantitative estimate of drug-likeness (QED) is 0.0423. The third-order valence-electron chi connectivity index (χ3n) is 9.14. The fourth-order valence-electron chi connectivity index (χ4n) is 7.03. The molecule has 0 spiro atoms. The van der Waals surface area contributed by atoms with Crippen LogP contribution in [0, 0.1) is 5.92 Å². The second-order valence-electron chi connectivity index (χ2n) is 13.3. The third kappa shape index (κ3) is 6.59. The average Bonchev–Trinajstić information content (AvgIpc) is 2.98. The number of carbonyl (C=O) groups is 3. The van der Waals surface area contributed by atoms with E-state index in [4.69, 9.17) is 16.0 Å². The topological polar surface area (TPSA) is 229 Å². The molecule has 0 saturated carbocycles. The Bertz CT molecular complexity index is 1790. The number of fused-ring (bicyclic) bond motifs is 2. The maximum atomic E-state index is 14.6. The summed E-state index contributed by atoms with van der Waals surface area (Å²) in [5, 5.41) is 49.0. The highest BCUT2D eigenvalue weighted by Crippen LogP contribution is 2.58. The van der Waals surface area contributed by atoms with Crippen molar-refractivity contribution in [3.05, 3.63) is 75.8 Å². The fraction of sp³-hybridized carbons (Fsp3) is 0.441. The van der Waals surface area contributed by atoms with Crippen molar-refractivity contribution in [2.45, 2.75) is 43.6 Å². The average molecular weight is 700 g/mol. The molecule has 9 N–H and O–H groups in total. The molecule has 2 aliphatic rings. The van der Waals surface area contributed by atoms with Gasteiger partial charge in [0.25, 0.3) is 5.91 Å². The van der Waals surface area contributed by atoms with Gasteiger partial charge in [-0.05, 0) is 58.0 Å². The first-order valence-corrected chi connectivity index (χ1v) is 17.9. The highest BCUT2D eigenvalue weighted by molar-refractivity contribution is 7.58. The summed E-state index contributed by atoms with van der Waals surface area (Å²) in [7, 11) is 3.35. The van der Waals surface area contributed by atoms with E-state index in [-0.39, 0.29) is 37.2 Å². The van der Waals surface area contributed by atoms with Crippen LogP contribution in [0.1, 0.15) is 47.5 Å². The van der Waals surface area contributed by atoms with E-state index < -0.39 is 76.1 Å². The number of rotatable bonds is 12. The van der Waals surface area contributed by atoms with Crippen molar-refractivity contribution in [3.8, 4) is 5.75 Å². The van der Waals surface area contributed by atoms with Crippen LogP contribution in [0.4, 0.5) is 11.4 Å². The molecule has 2 aromatic rings.